The number of hydrogen-bond acceptors (Lipinski definition) is 4. The van der Waals surface area contributed by atoms with Crippen LogP contribution in [0.3, 0.4) is 0 Å². The monoisotopic (exact) mass is 257 g/mol. The fourth-order valence-corrected chi connectivity index (χ4v) is 2.78. The van der Waals surface area contributed by atoms with Crippen LogP contribution in [-0.4, -0.2) is 29.3 Å². The topological polar surface area (TPSA) is 62.4 Å². The first-order chi connectivity index (χ1) is 9.15. The number of aliphatic hydroxyl groups excluding tert-OH is 1. The van der Waals surface area contributed by atoms with Gasteiger partial charge in [0, 0.05) is 36.0 Å². The van der Waals surface area contributed by atoms with E-state index >= 15 is 0 Å². The zero-order valence-corrected chi connectivity index (χ0v) is 11.1. The van der Waals surface area contributed by atoms with Crippen molar-refractivity contribution in [3.05, 3.63) is 30.5 Å². The van der Waals surface area contributed by atoms with Crippen molar-refractivity contribution in [2.75, 3.05) is 23.7 Å². The summed E-state index contributed by atoms with van der Waals surface area (Å²) >= 11 is 0. The lowest BCUT2D eigenvalue weighted by Crippen LogP contribution is -2.42. The Hall–Kier alpha value is -1.81. The van der Waals surface area contributed by atoms with Gasteiger partial charge in [-0.2, -0.15) is 0 Å². The Morgan fingerprint density at radius 2 is 2.21 bits per heavy atom. The van der Waals surface area contributed by atoms with E-state index in [1.54, 1.807) is 0 Å². The first-order valence-corrected chi connectivity index (χ1v) is 6.72. The molecule has 0 bridgehead atoms. The number of aliphatic hydroxyl groups is 1. The molecule has 3 rings (SSSR count). The number of piperidine rings is 1. The summed E-state index contributed by atoms with van der Waals surface area (Å²) in [5.41, 5.74) is 8.65. The molecule has 4 nitrogen and oxygen atoms in total. The van der Waals surface area contributed by atoms with Gasteiger partial charge in [0.25, 0.3) is 0 Å². The van der Waals surface area contributed by atoms with Crippen molar-refractivity contribution in [3.8, 4) is 0 Å². The molecule has 4 heteroatoms. The highest BCUT2D eigenvalue weighted by atomic mass is 16.3. The van der Waals surface area contributed by atoms with Crippen LogP contribution in [0.15, 0.2) is 30.5 Å². The van der Waals surface area contributed by atoms with Crippen LogP contribution in [0.4, 0.5) is 11.4 Å². The third-order valence-electron chi connectivity index (χ3n) is 3.94. The third-order valence-corrected chi connectivity index (χ3v) is 3.94. The Morgan fingerprint density at radius 3 is 3.00 bits per heavy atom. The molecule has 3 N–H and O–H groups in total. The minimum atomic E-state index is -0.181. The minimum absolute atomic E-state index is 0.181. The van der Waals surface area contributed by atoms with Crippen LogP contribution in [-0.2, 0) is 0 Å². The van der Waals surface area contributed by atoms with Crippen LogP contribution in [0.2, 0.25) is 0 Å². The lowest BCUT2D eigenvalue weighted by molar-refractivity contribution is 0.0972. The summed E-state index contributed by atoms with van der Waals surface area (Å²) in [7, 11) is 0. The normalized spacial score (nSPS) is 23.8. The Bertz CT molecular complexity index is 599. The second-order valence-corrected chi connectivity index (χ2v) is 5.39. The van der Waals surface area contributed by atoms with E-state index < -0.39 is 0 Å². The van der Waals surface area contributed by atoms with Crippen LogP contribution in [0.25, 0.3) is 10.9 Å². The molecule has 0 spiro atoms. The molecular weight excluding hydrogens is 238 g/mol. The molecule has 1 aliphatic rings. The van der Waals surface area contributed by atoms with E-state index in [0.717, 1.165) is 36.1 Å². The Morgan fingerprint density at radius 1 is 1.37 bits per heavy atom. The average molecular weight is 257 g/mol. The van der Waals surface area contributed by atoms with Crippen molar-refractivity contribution in [1.29, 1.82) is 0 Å². The molecule has 1 saturated heterocycles. The fraction of sp³-hybridized carbons (Fsp3) is 0.400. The summed E-state index contributed by atoms with van der Waals surface area (Å²) in [6.07, 6.45) is 2.47. The molecule has 1 aromatic heterocycles. The van der Waals surface area contributed by atoms with E-state index in [1.165, 1.54) is 5.69 Å². The lowest BCUT2D eigenvalue weighted by atomic mass is 9.96. The van der Waals surface area contributed by atoms with Crippen LogP contribution in [0, 0.1) is 5.92 Å². The zero-order valence-electron chi connectivity index (χ0n) is 11.1. The molecule has 0 amide bonds. The second kappa shape index (κ2) is 4.70. The average Bonchev–Trinajstić information content (AvgIpc) is 2.41. The van der Waals surface area contributed by atoms with Gasteiger partial charge in [-0.25, -0.2) is 0 Å². The van der Waals surface area contributed by atoms with Crippen LogP contribution < -0.4 is 10.6 Å². The van der Waals surface area contributed by atoms with Crippen molar-refractivity contribution in [3.63, 3.8) is 0 Å². The SMILES string of the molecule is CC1CN(c2ccnc3cc(N)ccc23)CCC1O. The van der Waals surface area contributed by atoms with Gasteiger partial charge in [-0.05, 0) is 36.6 Å². The summed E-state index contributed by atoms with van der Waals surface area (Å²) in [5.74, 6) is 0.297. The van der Waals surface area contributed by atoms with Crippen molar-refractivity contribution in [2.24, 2.45) is 5.92 Å². The maximum Gasteiger partial charge on any atom is 0.0743 e. The third kappa shape index (κ3) is 2.24. The summed E-state index contributed by atoms with van der Waals surface area (Å²) < 4.78 is 0. The number of aromatic nitrogens is 1. The zero-order chi connectivity index (χ0) is 13.4. The maximum atomic E-state index is 9.84. The number of rotatable bonds is 1. The number of benzene rings is 1. The highest BCUT2D eigenvalue weighted by molar-refractivity contribution is 5.93. The van der Waals surface area contributed by atoms with Crippen LogP contribution in [0.1, 0.15) is 13.3 Å². The summed E-state index contributed by atoms with van der Waals surface area (Å²) in [5, 5.41) is 11.0. The van der Waals surface area contributed by atoms with E-state index in [4.69, 9.17) is 5.73 Å². The quantitative estimate of drug-likeness (QED) is 0.767. The molecule has 19 heavy (non-hydrogen) atoms. The highest BCUT2D eigenvalue weighted by Gasteiger charge is 2.25. The molecule has 0 aliphatic carbocycles. The van der Waals surface area contributed by atoms with Gasteiger partial charge in [-0.15, -0.1) is 0 Å². The van der Waals surface area contributed by atoms with Crippen molar-refractivity contribution < 1.29 is 5.11 Å². The number of nitrogen functional groups attached to an aromatic ring is 1. The number of nitrogens with zero attached hydrogens (tertiary/aromatic N) is 2. The van der Waals surface area contributed by atoms with Gasteiger partial charge in [0.15, 0.2) is 0 Å². The van der Waals surface area contributed by atoms with Crippen molar-refractivity contribution in [1.82, 2.24) is 4.98 Å². The van der Waals surface area contributed by atoms with Gasteiger partial charge in [0.2, 0.25) is 0 Å². The molecule has 0 saturated carbocycles. The van der Waals surface area contributed by atoms with E-state index in [1.807, 2.05) is 30.5 Å². The smallest absolute Gasteiger partial charge is 0.0743 e. The summed E-state index contributed by atoms with van der Waals surface area (Å²) in [6, 6.07) is 7.89. The van der Waals surface area contributed by atoms with Gasteiger partial charge in [-0.3, -0.25) is 4.98 Å². The lowest BCUT2D eigenvalue weighted by Gasteiger charge is -2.36. The van der Waals surface area contributed by atoms with Gasteiger partial charge in [0.05, 0.1) is 11.6 Å². The number of fused-ring (bicyclic) bond motifs is 1. The molecule has 1 aliphatic heterocycles. The Kier molecular flexibility index (Phi) is 3.03. The van der Waals surface area contributed by atoms with Crippen LogP contribution >= 0.6 is 0 Å². The molecule has 2 unspecified atom stereocenters. The number of hydrogen-bond donors (Lipinski definition) is 2. The summed E-state index contributed by atoms with van der Waals surface area (Å²) in [6.45, 7) is 3.86. The van der Waals surface area contributed by atoms with Gasteiger partial charge >= 0.3 is 0 Å². The molecule has 1 aromatic carbocycles. The summed E-state index contributed by atoms with van der Waals surface area (Å²) in [4.78, 5) is 6.71. The first kappa shape index (κ1) is 12.2. The molecule has 2 heterocycles. The number of nitrogens with two attached hydrogens (primary N) is 1. The van der Waals surface area contributed by atoms with Gasteiger partial charge in [0.1, 0.15) is 0 Å². The maximum absolute atomic E-state index is 9.84. The largest absolute Gasteiger partial charge is 0.399 e. The predicted molar refractivity (Wildman–Crippen MR) is 78.2 cm³/mol. The molecule has 0 radical (unpaired) electrons. The van der Waals surface area contributed by atoms with Crippen molar-refractivity contribution in [2.45, 2.75) is 19.4 Å². The van der Waals surface area contributed by atoms with E-state index in [9.17, 15) is 5.11 Å². The van der Waals surface area contributed by atoms with E-state index in [0.29, 0.717) is 5.92 Å². The molecular formula is C15H19N3O. The minimum Gasteiger partial charge on any atom is -0.399 e. The molecule has 2 aromatic rings. The Balaban J connectivity index is 2.01. The van der Waals surface area contributed by atoms with Crippen molar-refractivity contribution >= 4 is 22.3 Å². The predicted octanol–water partition coefficient (Wildman–Crippen LogP) is 2.02. The molecule has 1 fully saturated rings. The van der Waals surface area contributed by atoms with Gasteiger partial charge in [-0.1, -0.05) is 6.92 Å². The number of pyridine rings is 1. The molecule has 2 atom stereocenters. The fourth-order valence-electron chi connectivity index (χ4n) is 2.78. The van der Waals surface area contributed by atoms with Gasteiger partial charge < -0.3 is 15.7 Å². The van der Waals surface area contributed by atoms with E-state index in [2.05, 4.69) is 16.8 Å². The van der Waals surface area contributed by atoms with Crippen LogP contribution in [0.5, 0.6) is 0 Å². The molecule has 100 valence electrons. The second-order valence-electron chi connectivity index (χ2n) is 5.39. The van der Waals surface area contributed by atoms with E-state index in [-0.39, 0.29) is 6.10 Å². The Labute approximate surface area is 112 Å². The number of anilines is 2. The first-order valence-electron chi connectivity index (χ1n) is 6.72. The highest BCUT2D eigenvalue weighted by Crippen LogP contribution is 2.30. The standard InChI is InChI=1S/C15H19N3O/c1-10-9-18(7-5-15(10)19)14-4-6-17-13-8-11(16)2-3-12(13)14/h2-4,6,8,10,15,19H,5,7,9,16H2,1H3.